The number of aryl methyl sites for hydroxylation is 1. The predicted molar refractivity (Wildman–Crippen MR) is 102 cm³/mol. The molecule has 1 amide bonds. The van der Waals surface area contributed by atoms with Crippen molar-refractivity contribution >= 4 is 27.3 Å². The van der Waals surface area contributed by atoms with Crippen molar-refractivity contribution in [1.29, 1.82) is 0 Å². The molecule has 0 bridgehead atoms. The molecule has 0 spiro atoms. The summed E-state index contributed by atoms with van der Waals surface area (Å²) in [5.74, 6) is -0.824. The summed E-state index contributed by atoms with van der Waals surface area (Å²) in [6, 6.07) is 12.7. The van der Waals surface area contributed by atoms with E-state index in [1.165, 1.54) is 0 Å². The van der Waals surface area contributed by atoms with Crippen molar-refractivity contribution in [2.45, 2.75) is 18.0 Å². The van der Waals surface area contributed by atoms with E-state index in [0.29, 0.717) is 16.8 Å². The minimum Gasteiger partial charge on any atom is -0.273 e. The average molecular weight is 441 g/mol. The molecule has 11 heteroatoms. The lowest BCUT2D eigenvalue weighted by Crippen LogP contribution is -2.42. The fourth-order valence-corrected chi connectivity index (χ4v) is 4.51. The SMILES string of the molecule is Cc1nc(-c2ccccc2)sc1C(=O)NNS(=O)(=O)c1ccccc1C(F)(F)F. The second kappa shape index (κ2) is 7.93. The van der Waals surface area contributed by atoms with Crippen LogP contribution >= 0.6 is 11.3 Å². The third kappa shape index (κ3) is 4.63. The number of carbonyl (C=O) groups is 1. The third-order valence-corrected chi connectivity index (χ3v) is 6.32. The molecule has 0 saturated carbocycles. The molecule has 0 saturated heterocycles. The molecule has 1 aromatic heterocycles. The quantitative estimate of drug-likeness (QED) is 0.590. The monoisotopic (exact) mass is 441 g/mol. The number of nitrogens with one attached hydrogen (secondary N) is 2. The molecule has 152 valence electrons. The Morgan fingerprint density at radius 1 is 1.03 bits per heavy atom. The maximum absolute atomic E-state index is 13.1. The van der Waals surface area contributed by atoms with Gasteiger partial charge in [0.25, 0.3) is 15.9 Å². The van der Waals surface area contributed by atoms with E-state index in [-0.39, 0.29) is 4.88 Å². The molecule has 0 aliphatic heterocycles. The number of hydrogen-bond donors (Lipinski definition) is 2. The Balaban J connectivity index is 1.81. The van der Waals surface area contributed by atoms with Crippen molar-refractivity contribution in [3.05, 3.63) is 70.7 Å². The second-order valence-electron chi connectivity index (χ2n) is 5.85. The van der Waals surface area contributed by atoms with Gasteiger partial charge in [0.15, 0.2) is 0 Å². The molecule has 0 radical (unpaired) electrons. The molecular weight excluding hydrogens is 427 g/mol. The first-order chi connectivity index (χ1) is 13.6. The number of nitrogens with zero attached hydrogens (tertiary/aromatic N) is 1. The van der Waals surface area contributed by atoms with Crippen LogP contribution in [0.2, 0.25) is 0 Å². The van der Waals surface area contributed by atoms with E-state index in [1.54, 1.807) is 36.0 Å². The van der Waals surface area contributed by atoms with Crippen LogP contribution in [0.15, 0.2) is 59.5 Å². The number of hydrazine groups is 1. The van der Waals surface area contributed by atoms with E-state index in [9.17, 15) is 26.4 Å². The van der Waals surface area contributed by atoms with Gasteiger partial charge in [-0.15, -0.1) is 16.2 Å². The first-order valence-electron chi connectivity index (χ1n) is 8.11. The Morgan fingerprint density at radius 3 is 2.31 bits per heavy atom. The fourth-order valence-electron chi connectivity index (χ4n) is 2.47. The van der Waals surface area contributed by atoms with Gasteiger partial charge >= 0.3 is 6.18 Å². The first-order valence-corrected chi connectivity index (χ1v) is 10.4. The lowest BCUT2D eigenvalue weighted by Gasteiger charge is -2.13. The van der Waals surface area contributed by atoms with Crippen molar-refractivity contribution in [3.8, 4) is 10.6 Å². The largest absolute Gasteiger partial charge is 0.417 e. The number of alkyl halides is 3. The number of sulfonamides is 1. The van der Waals surface area contributed by atoms with Crippen LogP contribution in [0.4, 0.5) is 13.2 Å². The van der Waals surface area contributed by atoms with Crippen LogP contribution in [0.3, 0.4) is 0 Å². The summed E-state index contributed by atoms with van der Waals surface area (Å²) in [6.07, 6.45) is -4.87. The molecule has 0 unspecified atom stereocenters. The molecule has 0 fully saturated rings. The van der Waals surface area contributed by atoms with Crippen LogP contribution in [-0.2, 0) is 16.2 Å². The molecule has 1 heterocycles. The van der Waals surface area contributed by atoms with Gasteiger partial charge in [0.1, 0.15) is 9.88 Å². The Morgan fingerprint density at radius 2 is 1.66 bits per heavy atom. The van der Waals surface area contributed by atoms with E-state index >= 15 is 0 Å². The number of aromatic nitrogens is 1. The van der Waals surface area contributed by atoms with E-state index < -0.39 is 32.6 Å². The Kier molecular flexibility index (Phi) is 5.73. The molecule has 6 nitrogen and oxygen atoms in total. The van der Waals surface area contributed by atoms with Crippen LogP contribution in [0.5, 0.6) is 0 Å². The lowest BCUT2D eigenvalue weighted by molar-refractivity contribution is -0.139. The van der Waals surface area contributed by atoms with Crippen LogP contribution in [0, 0.1) is 6.92 Å². The van der Waals surface area contributed by atoms with E-state index in [1.807, 2.05) is 11.5 Å². The number of amides is 1. The summed E-state index contributed by atoms with van der Waals surface area (Å²) in [5.41, 5.74) is 1.76. The van der Waals surface area contributed by atoms with Gasteiger partial charge in [-0.25, -0.2) is 13.4 Å². The number of benzene rings is 2. The summed E-state index contributed by atoms with van der Waals surface area (Å²) in [4.78, 5) is 17.5. The Labute approximate surface area is 168 Å². The van der Waals surface area contributed by atoms with Gasteiger partial charge in [0.2, 0.25) is 0 Å². The Hall–Kier alpha value is -2.76. The lowest BCUT2D eigenvalue weighted by atomic mass is 10.2. The number of halogens is 3. The van der Waals surface area contributed by atoms with E-state index in [4.69, 9.17) is 0 Å². The van der Waals surface area contributed by atoms with Gasteiger partial charge in [-0.2, -0.15) is 13.2 Å². The highest BCUT2D eigenvalue weighted by atomic mass is 32.2. The van der Waals surface area contributed by atoms with Crippen LogP contribution in [-0.4, -0.2) is 19.3 Å². The summed E-state index contributed by atoms with van der Waals surface area (Å²) < 4.78 is 63.8. The molecule has 2 aromatic carbocycles. The Bertz CT molecular complexity index is 1140. The second-order valence-corrected chi connectivity index (χ2v) is 8.50. The fraction of sp³-hybridized carbons (Fsp3) is 0.111. The molecule has 3 aromatic rings. The molecule has 29 heavy (non-hydrogen) atoms. The van der Waals surface area contributed by atoms with Gasteiger partial charge in [0.05, 0.1) is 16.2 Å². The number of carbonyl (C=O) groups excluding carboxylic acids is 1. The van der Waals surface area contributed by atoms with Gasteiger partial charge in [-0.1, -0.05) is 42.5 Å². The zero-order valence-corrected chi connectivity index (χ0v) is 16.5. The molecular formula is C18H14F3N3O3S2. The first kappa shape index (κ1) is 21.0. The standard InChI is InChI=1S/C18H14F3N3O3S2/c1-11-15(28-17(22-11)12-7-3-2-4-8-12)16(25)23-24-29(26,27)14-10-6-5-9-13(14)18(19,20)21/h2-10,24H,1H3,(H,23,25). The molecule has 2 N–H and O–H groups in total. The summed E-state index contributed by atoms with van der Waals surface area (Å²) in [7, 11) is -4.65. The highest BCUT2D eigenvalue weighted by Crippen LogP contribution is 2.33. The highest BCUT2D eigenvalue weighted by Gasteiger charge is 2.37. The maximum Gasteiger partial charge on any atom is 0.417 e. The predicted octanol–water partition coefficient (Wildman–Crippen LogP) is 3.76. The minimum absolute atomic E-state index is 0.135. The third-order valence-electron chi connectivity index (χ3n) is 3.80. The maximum atomic E-state index is 13.1. The smallest absolute Gasteiger partial charge is 0.273 e. The minimum atomic E-state index is -4.87. The van der Waals surface area contributed by atoms with Crippen molar-refractivity contribution in [2.24, 2.45) is 0 Å². The van der Waals surface area contributed by atoms with Crippen molar-refractivity contribution < 1.29 is 26.4 Å². The van der Waals surface area contributed by atoms with Gasteiger partial charge < -0.3 is 0 Å². The molecule has 0 atom stereocenters. The summed E-state index contributed by atoms with van der Waals surface area (Å²) in [6.45, 7) is 1.57. The normalized spacial score (nSPS) is 12.0. The number of hydrogen-bond acceptors (Lipinski definition) is 5. The number of rotatable bonds is 5. The summed E-state index contributed by atoms with van der Waals surface area (Å²) >= 11 is 1.04. The van der Waals surface area contributed by atoms with Gasteiger partial charge in [0, 0.05) is 5.56 Å². The molecule has 3 rings (SSSR count). The molecule has 0 aliphatic rings. The number of thiazole rings is 1. The zero-order chi connectivity index (χ0) is 21.2. The average Bonchev–Trinajstić information content (AvgIpc) is 3.08. The van der Waals surface area contributed by atoms with E-state index in [2.05, 4.69) is 4.98 Å². The van der Waals surface area contributed by atoms with Crippen molar-refractivity contribution in [1.82, 2.24) is 15.2 Å². The summed E-state index contributed by atoms with van der Waals surface area (Å²) in [5, 5.41) is 0.554. The van der Waals surface area contributed by atoms with Gasteiger partial charge in [-0.05, 0) is 19.1 Å². The van der Waals surface area contributed by atoms with Crippen LogP contribution < -0.4 is 10.3 Å². The van der Waals surface area contributed by atoms with Crippen LogP contribution in [0.1, 0.15) is 20.9 Å². The van der Waals surface area contributed by atoms with Crippen molar-refractivity contribution in [2.75, 3.05) is 0 Å². The van der Waals surface area contributed by atoms with E-state index in [0.717, 1.165) is 35.1 Å². The van der Waals surface area contributed by atoms with Gasteiger partial charge in [-0.3, -0.25) is 10.2 Å². The zero-order valence-electron chi connectivity index (χ0n) is 14.8. The topological polar surface area (TPSA) is 88.2 Å². The van der Waals surface area contributed by atoms with Crippen molar-refractivity contribution in [3.63, 3.8) is 0 Å². The van der Waals surface area contributed by atoms with Crippen LogP contribution in [0.25, 0.3) is 10.6 Å². The highest BCUT2D eigenvalue weighted by molar-refractivity contribution is 7.89. The molecule has 0 aliphatic carbocycles.